The Bertz CT molecular complexity index is 696. The lowest BCUT2D eigenvalue weighted by atomic mass is 10.2. The molecule has 6 heteroatoms. The maximum Gasteiger partial charge on any atom is 0.258 e. The molecule has 1 atom stereocenters. The van der Waals surface area contributed by atoms with Crippen LogP contribution in [0.5, 0.6) is 5.75 Å². The van der Waals surface area contributed by atoms with E-state index in [0.29, 0.717) is 12.2 Å². The number of hydrogen-bond acceptors (Lipinski definition) is 4. The number of likely N-dealkylation sites (tertiary alicyclic amines) is 1. The van der Waals surface area contributed by atoms with Crippen LogP contribution < -0.4 is 10.1 Å². The van der Waals surface area contributed by atoms with Gasteiger partial charge in [-0.05, 0) is 50.1 Å². The Hall–Kier alpha value is -2.34. The summed E-state index contributed by atoms with van der Waals surface area (Å²) in [6, 6.07) is 7.49. The van der Waals surface area contributed by atoms with Crippen LogP contribution in [0.1, 0.15) is 30.6 Å². The van der Waals surface area contributed by atoms with E-state index in [4.69, 9.17) is 4.74 Å². The van der Waals surface area contributed by atoms with Gasteiger partial charge in [-0.15, -0.1) is 0 Å². The molecule has 0 saturated carbocycles. The Morgan fingerprint density at radius 3 is 2.80 bits per heavy atom. The third-order valence-corrected chi connectivity index (χ3v) is 4.52. The molecular formula is C19H26N4O2. The summed E-state index contributed by atoms with van der Waals surface area (Å²) in [5.74, 6) is 1.47. The van der Waals surface area contributed by atoms with Gasteiger partial charge in [-0.2, -0.15) is 5.10 Å². The van der Waals surface area contributed by atoms with Gasteiger partial charge in [-0.25, -0.2) is 0 Å². The van der Waals surface area contributed by atoms with Crippen LogP contribution in [-0.2, 0) is 6.54 Å². The summed E-state index contributed by atoms with van der Waals surface area (Å²) >= 11 is 0. The third kappa shape index (κ3) is 4.82. The molecule has 0 radical (unpaired) electrons. The van der Waals surface area contributed by atoms with Gasteiger partial charge in [0.2, 0.25) is 0 Å². The average molecular weight is 342 g/mol. The van der Waals surface area contributed by atoms with Crippen molar-refractivity contribution in [3.05, 3.63) is 42.2 Å². The summed E-state index contributed by atoms with van der Waals surface area (Å²) in [5, 5.41) is 6.99. The van der Waals surface area contributed by atoms with Crippen LogP contribution in [0.2, 0.25) is 0 Å². The van der Waals surface area contributed by atoms with Crippen LogP contribution in [0.4, 0.5) is 5.69 Å². The number of rotatable bonds is 7. The van der Waals surface area contributed by atoms with E-state index >= 15 is 0 Å². The van der Waals surface area contributed by atoms with Gasteiger partial charge in [0.25, 0.3) is 5.91 Å². The highest BCUT2D eigenvalue weighted by molar-refractivity contribution is 6.03. The van der Waals surface area contributed by atoms with E-state index in [2.05, 4.69) is 22.2 Å². The van der Waals surface area contributed by atoms with Gasteiger partial charge < -0.3 is 10.1 Å². The standard InChI is InChI=1S/C19H26N4O2/c1-3-23-14-16(12-20-23)19(24)21-17-4-6-18(7-5-17)25-11-10-22-9-8-15(2)13-22/h4-7,12,14-15H,3,8-11,13H2,1-2H3,(H,21,24). The lowest BCUT2D eigenvalue weighted by Gasteiger charge is -2.15. The Morgan fingerprint density at radius 2 is 2.16 bits per heavy atom. The number of carbonyl (C=O) groups excluding carboxylic acids is 1. The number of benzene rings is 1. The number of aryl methyl sites for hydroxylation is 1. The first-order valence-electron chi connectivity index (χ1n) is 8.93. The topological polar surface area (TPSA) is 59.4 Å². The predicted octanol–water partition coefficient (Wildman–Crippen LogP) is 2.88. The Balaban J connectivity index is 1.46. The minimum atomic E-state index is -0.156. The number of anilines is 1. The number of nitrogens with one attached hydrogen (secondary N) is 1. The molecule has 1 amide bonds. The van der Waals surface area contributed by atoms with E-state index in [1.807, 2.05) is 31.2 Å². The van der Waals surface area contributed by atoms with Gasteiger partial charge in [-0.1, -0.05) is 6.92 Å². The second kappa shape index (κ2) is 8.16. The minimum absolute atomic E-state index is 0.156. The zero-order chi connectivity index (χ0) is 17.6. The first-order chi connectivity index (χ1) is 12.1. The molecule has 0 spiro atoms. The van der Waals surface area contributed by atoms with E-state index in [0.717, 1.165) is 30.4 Å². The minimum Gasteiger partial charge on any atom is -0.492 e. The van der Waals surface area contributed by atoms with Crippen molar-refractivity contribution in [2.24, 2.45) is 5.92 Å². The highest BCUT2D eigenvalue weighted by Crippen LogP contribution is 2.18. The van der Waals surface area contributed by atoms with Crippen molar-refractivity contribution in [3.8, 4) is 5.75 Å². The maximum absolute atomic E-state index is 12.2. The molecule has 1 fully saturated rings. The molecule has 1 aliphatic rings. The normalized spacial score (nSPS) is 17.6. The predicted molar refractivity (Wildman–Crippen MR) is 98.0 cm³/mol. The number of carbonyl (C=O) groups is 1. The first-order valence-corrected chi connectivity index (χ1v) is 8.93. The molecule has 3 rings (SSSR count). The van der Waals surface area contributed by atoms with Crippen molar-refractivity contribution in [1.29, 1.82) is 0 Å². The maximum atomic E-state index is 12.2. The fourth-order valence-electron chi connectivity index (χ4n) is 3.01. The van der Waals surface area contributed by atoms with E-state index < -0.39 is 0 Å². The SMILES string of the molecule is CCn1cc(C(=O)Nc2ccc(OCCN3CCC(C)C3)cc2)cn1. The Kier molecular flexibility index (Phi) is 5.71. The molecule has 0 aliphatic carbocycles. The van der Waals surface area contributed by atoms with Gasteiger partial charge in [-0.3, -0.25) is 14.4 Å². The van der Waals surface area contributed by atoms with E-state index in [-0.39, 0.29) is 5.91 Å². The van der Waals surface area contributed by atoms with E-state index in [1.165, 1.54) is 19.5 Å². The van der Waals surface area contributed by atoms with Crippen molar-refractivity contribution in [2.45, 2.75) is 26.8 Å². The zero-order valence-electron chi connectivity index (χ0n) is 14.9. The fourth-order valence-corrected chi connectivity index (χ4v) is 3.01. The average Bonchev–Trinajstić information content (AvgIpc) is 3.25. The summed E-state index contributed by atoms with van der Waals surface area (Å²) in [7, 11) is 0. The Labute approximate surface area is 148 Å². The lowest BCUT2D eigenvalue weighted by Crippen LogP contribution is -2.25. The second-order valence-corrected chi connectivity index (χ2v) is 6.61. The highest BCUT2D eigenvalue weighted by atomic mass is 16.5. The van der Waals surface area contributed by atoms with Crippen LogP contribution in [0.3, 0.4) is 0 Å². The van der Waals surface area contributed by atoms with Gasteiger partial charge >= 0.3 is 0 Å². The van der Waals surface area contributed by atoms with Gasteiger partial charge in [0.05, 0.1) is 11.8 Å². The number of aromatic nitrogens is 2. The van der Waals surface area contributed by atoms with Crippen LogP contribution >= 0.6 is 0 Å². The van der Waals surface area contributed by atoms with Crippen LogP contribution in [0, 0.1) is 5.92 Å². The van der Waals surface area contributed by atoms with Crippen LogP contribution in [-0.4, -0.2) is 46.8 Å². The molecule has 2 aromatic rings. The van der Waals surface area contributed by atoms with Gasteiger partial charge in [0.15, 0.2) is 0 Å². The summed E-state index contributed by atoms with van der Waals surface area (Å²) in [6.07, 6.45) is 4.60. The largest absolute Gasteiger partial charge is 0.492 e. The van der Waals surface area contributed by atoms with Gasteiger partial charge in [0.1, 0.15) is 12.4 Å². The molecule has 1 aliphatic heterocycles. The van der Waals surface area contributed by atoms with Crippen molar-refractivity contribution >= 4 is 11.6 Å². The third-order valence-electron chi connectivity index (χ3n) is 4.52. The van der Waals surface area contributed by atoms with Crippen molar-refractivity contribution in [1.82, 2.24) is 14.7 Å². The van der Waals surface area contributed by atoms with Crippen LogP contribution in [0.15, 0.2) is 36.7 Å². The molecule has 1 N–H and O–H groups in total. The second-order valence-electron chi connectivity index (χ2n) is 6.61. The fraction of sp³-hybridized carbons (Fsp3) is 0.474. The molecule has 25 heavy (non-hydrogen) atoms. The van der Waals surface area contributed by atoms with Crippen molar-refractivity contribution in [3.63, 3.8) is 0 Å². The van der Waals surface area contributed by atoms with Gasteiger partial charge in [0, 0.05) is 31.5 Å². The lowest BCUT2D eigenvalue weighted by molar-refractivity contribution is 0.102. The number of nitrogens with zero attached hydrogens (tertiary/aromatic N) is 3. The molecule has 2 heterocycles. The van der Waals surface area contributed by atoms with E-state index in [9.17, 15) is 4.79 Å². The number of amides is 1. The highest BCUT2D eigenvalue weighted by Gasteiger charge is 2.17. The number of ether oxygens (including phenoxy) is 1. The molecule has 1 aromatic carbocycles. The molecule has 6 nitrogen and oxygen atoms in total. The molecule has 0 bridgehead atoms. The van der Waals surface area contributed by atoms with Crippen LogP contribution in [0.25, 0.3) is 0 Å². The first kappa shape index (κ1) is 17.5. The summed E-state index contributed by atoms with van der Waals surface area (Å²) in [5.41, 5.74) is 1.30. The Morgan fingerprint density at radius 1 is 1.36 bits per heavy atom. The quantitative estimate of drug-likeness (QED) is 0.840. The molecule has 134 valence electrons. The molecule has 1 unspecified atom stereocenters. The molecule has 1 aromatic heterocycles. The zero-order valence-corrected chi connectivity index (χ0v) is 14.9. The van der Waals surface area contributed by atoms with Crippen molar-refractivity contribution in [2.75, 3.05) is 31.6 Å². The summed E-state index contributed by atoms with van der Waals surface area (Å²) in [4.78, 5) is 14.6. The summed E-state index contributed by atoms with van der Waals surface area (Å²) < 4.78 is 7.53. The van der Waals surface area contributed by atoms with E-state index in [1.54, 1.807) is 17.1 Å². The smallest absolute Gasteiger partial charge is 0.258 e. The molecule has 1 saturated heterocycles. The number of hydrogen-bond donors (Lipinski definition) is 1. The monoisotopic (exact) mass is 342 g/mol. The summed E-state index contributed by atoms with van der Waals surface area (Å²) in [6.45, 7) is 9.01. The van der Waals surface area contributed by atoms with Crippen molar-refractivity contribution < 1.29 is 9.53 Å². The molecular weight excluding hydrogens is 316 g/mol.